The highest BCUT2D eigenvalue weighted by Crippen LogP contribution is 2.21. The maximum absolute atomic E-state index is 11.1. The first kappa shape index (κ1) is 11.5. The first-order chi connectivity index (χ1) is 9.25. The van der Waals surface area contributed by atoms with Crippen LogP contribution in [-0.4, -0.2) is 21.3 Å². The third-order valence-electron chi connectivity index (χ3n) is 3.20. The lowest BCUT2D eigenvalue weighted by molar-refractivity contribution is 0.0696. The Hall–Kier alpha value is -2.62. The van der Waals surface area contributed by atoms with E-state index in [9.17, 15) is 4.79 Å². The van der Waals surface area contributed by atoms with E-state index in [0.717, 1.165) is 16.3 Å². The van der Waals surface area contributed by atoms with Crippen molar-refractivity contribution in [2.45, 2.75) is 6.42 Å². The second-order valence-corrected chi connectivity index (χ2v) is 4.38. The maximum atomic E-state index is 11.1. The fourth-order valence-electron chi connectivity index (χ4n) is 2.27. The lowest BCUT2D eigenvalue weighted by Gasteiger charge is -2.06. The van der Waals surface area contributed by atoms with Gasteiger partial charge in [-0.1, -0.05) is 42.5 Å². The molecule has 0 saturated carbocycles. The Kier molecular flexibility index (Phi) is 2.76. The smallest absolute Gasteiger partial charge is 0.339 e. The summed E-state index contributed by atoms with van der Waals surface area (Å²) in [5.41, 5.74) is 1.95. The van der Waals surface area contributed by atoms with Gasteiger partial charge in [-0.3, -0.25) is 5.10 Å². The molecular formula is C15H12N2O2. The molecule has 0 bridgehead atoms. The fraction of sp³-hybridized carbons (Fsp3) is 0.0667. The number of nitrogens with zero attached hydrogens (tertiary/aromatic N) is 1. The minimum atomic E-state index is -0.955. The highest BCUT2D eigenvalue weighted by Gasteiger charge is 2.13. The Morgan fingerprint density at radius 3 is 2.79 bits per heavy atom. The van der Waals surface area contributed by atoms with E-state index in [1.54, 1.807) is 0 Å². The van der Waals surface area contributed by atoms with E-state index in [1.165, 1.54) is 6.20 Å². The SMILES string of the molecule is O=C(O)c1cn[nH]c1Cc1cccc2ccccc12. The van der Waals surface area contributed by atoms with E-state index in [2.05, 4.69) is 10.2 Å². The molecule has 0 unspecified atom stereocenters. The number of benzene rings is 2. The van der Waals surface area contributed by atoms with Crippen LogP contribution in [0.5, 0.6) is 0 Å². The van der Waals surface area contributed by atoms with Crippen LogP contribution in [0.2, 0.25) is 0 Å². The summed E-state index contributed by atoms with van der Waals surface area (Å²) in [6.07, 6.45) is 1.88. The van der Waals surface area contributed by atoms with Crippen LogP contribution in [-0.2, 0) is 6.42 Å². The summed E-state index contributed by atoms with van der Waals surface area (Å²) in [5, 5.41) is 18.0. The van der Waals surface area contributed by atoms with Crippen LogP contribution in [0.3, 0.4) is 0 Å². The minimum absolute atomic E-state index is 0.230. The largest absolute Gasteiger partial charge is 0.478 e. The van der Waals surface area contributed by atoms with Crippen LogP contribution >= 0.6 is 0 Å². The van der Waals surface area contributed by atoms with Gasteiger partial charge >= 0.3 is 5.97 Å². The van der Waals surface area contributed by atoms with E-state index in [1.807, 2.05) is 42.5 Å². The number of fused-ring (bicyclic) bond motifs is 1. The van der Waals surface area contributed by atoms with Crippen LogP contribution in [0.25, 0.3) is 10.8 Å². The first-order valence-corrected chi connectivity index (χ1v) is 5.98. The molecule has 0 aliphatic rings. The van der Waals surface area contributed by atoms with Crippen molar-refractivity contribution >= 4 is 16.7 Å². The molecule has 0 radical (unpaired) electrons. The molecule has 94 valence electrons. The number of carboxylic acid groups (broad SMARTS) is 1. The number of nitrogens with one attached hydrogen (secondary N) is 1. The third-order valence-corrected chi connectivity index (χ3v) is 3.20. The highest BCUT2D eigenvalue weighted by atomic mass is 16.4. The third kappa shape index (κ3) is 2.08. The molecule has 0 atom stereocenters. The van der Waals surface area contributed by atoms with Crippen molar-refractivity contribution in [3.05, 3.63) is 65.5 Å². The average Bonchev–Trinajstić information content (AvgIpc) is 2.87. The molecule has 4 heteroatoms. The van der Waals surface area contributed by atoms with Crippen LogP contribution in [0.15, 0.2) is 48.7 Å². The first-order valence-electron chi connectivity index (χ1n) is 5.98. The Bertz CT molecular complexity index is 741. The van der Waals surface area contributed by atoms with Gasteiger partial charge in [0.2, 0.25) is 0 Å². The van der Waals surface area contributed by atoms with E-state index in [4.69, 9.17) is 5.11 Å². The number of hydrogen-bond acceptors (Lipinski definition) is 2. The Balaban J connectivity index is 2.06. The molecular weight excluding hydrogens is 240 g/mol. The molecule has 0 aliphatic carbocycles. The predicted molar refractivity (Wildman–Crippen MR) is 72.3 cm³/mol. The number of aromatic nitrogens is 2. The van der Waals surface area contributed by atoms with E-state index >= 15 is 0 Å². The maximum Gasteiger partial charge on any atom is 0.339 e. The van der Waals surface area contributed by atoms with Crippen molar-refractivity contribution in [1.82, 2.24) is 10.2 Å². The molecule has 0 saturated heterocycles. The summed E-state index contributed by atoms with van der Waals surface area (Å²) in [6, 6.07) is 14.1. The van der Waals surface area contributed by atoms with Crippen molar-refractivity contribution in [3.8, 4) is 0 Å². The predicted octanol–water partition coefficient (Wildman–Crippen LogP) is 2.85. The Morgan fingerprint density at radius 1 is 1.16 bits per heavy atom. The molecule has 19 heavy (non-hydrogen) atoms. The summed E-state index contributed by atoms with van der Waals surface area (Å²) >= 11 is 0. The monoisotopic (exact) mass is 252 g/mol. The van der Waals surface area contributed by atoms with Gasteiger partial charge in [0.1, 0.15) is 5.56 Å². The molecule has 0 fully saturated rings. The zero-order chi connectivity index (χ0) is 13.2. The van der Waals surface area contributed by atoms with Crippen LogP contribution < -0.4 is 0 Å². The summed E-state index contributed by atoms with van der Waals surface area (Å²) in [5.74, 6) is -0.955. The molecule has 0 amide bonds. The summed E-state index contributed by atoms with van der Waals surface area (Å²) in [4.78, 5) is 11.1. The zero-order valence-corrected chi connectivity index (χ0v) is 10.1. The van der Waals surface area contributed by atoms with Gasteiger partial charge in [0.05, 0.1) is 11.9 Å². The number of carbonyl (C=O) groups is 1. The molecule has 2 N–H and O–H groups in total. The molecule has 1 heterocycles. The van der Waals surface area contributed by atoms with Gasteiger partial charge in [-0.25, -0.2) is 4.79 Å². The summed E-state index contributed by atoms with van der Waals surface area (Å²) in [7, 11) is 0. The van der Waals surface area contributed by atoms with Gasteiger partial charge in [-0.2, -0.15) is 5.10 Å². The van der Waals surface area contributed by atoms with Crippen molar-refractivity contribution in [2.75, 3.05) is 0 Å². The van der Waals surface area contributed by atoms with Gasteiger partial charge in [-0.05, 0) is 16.3 Å². The molecule has 0 spiro atoms. The summed E-state index contributed by atoms with van der Waals surface area (Å²) in [6.45, 7) is 0. The fourth-order valence-corrected chi connectivity index (χ4v) is 2.27. The topological polar surface area (TPSA) is 66.0 Å². The lowest BCUT2D eigenvalue weighted by atomic mass is 10.00. The van der Waals surface area contributed by atoms with Crippen molar-refractivity contribution in [2.24, 2.45) is 0 Å². The number of rotatable bonds is 3. The van der Waals surface area contributed by atoms with Gasteiger partial charge in [-0.15, -0.1) is 0 Å². The van der Waals surface area contributed by atoms with E-state index in [-0.39, 0.29) is 5.56 Å². The van der Waals surface area contributed by atoms with Crippen LogP contribution in [0.4, 0.5) is 0 Å². The van der Waals surface area contributed by atoms with Gasteiger partial charge in [0.25, 0.3) is 0 Å². The second kappa shape index (κ2) is 4.57. The number of aromatic carboxylic acids is 1. The van der Waals surface area contributed by atoms with E-state index < -0.39 is 5.97 Å². The molecule has 3 aromatic rings. The number of hydrogen-bond donors (Lipinski definition) is 2. The molecule has 2 aromatic carbocycles. The van der Waals surface area contributed by atoms with Crippen LogP contribution in [0.1, 0.15) is 21.6 Å². The Labute approximate surface area is 109 Å². The van der Waals surface area contributed by atoms with Crippen molar-refractivity contribution in [3.63, 3.8) is 0 Å². The van der Waals surface area contributed by atoms with Crippen LogP contribution in [0, 0.1) is 0 Å². The van der Waals surface area contributed by atoms with Gasteiger partial charge in [0, 0.05) is 6.42 Å². The standard InChI is InChI=1S/C15H12N2O2/c18-15(19)13-9-16-17-14(13)8-11-6-3-5-10-4-1-2-7-12(10)11/h1-7,9H,8H2,(H,16,17)(H,18,19). The number of H-pyrrole nitrogens is 1. The Morgan fingerprint density at radius 2 is 1.95 bits per heavy atom. The van der Waals surface area contributed by atoms with Crippen molar-refractivity contribution < 1.29 is 9.90 Å². The average molecular weight is 252 g/mol. The quantitative estimate of drug-likeness (QED) is 0.753. The normalized spacial score (nSPS) is 10.7. The lowest BCUT2D eigenvalue weighted by Crippen LogP contribution is -2.01. The molecule has 3 rings (SSSR count). The minimum Gasteiger partial charge on any atom is -0.478 e. The van der Waals surface area contributed by atoms with E-state index in [0.29, 0.717) is 12.1 Å². The summed E-state index contributed by atoms with van der Waals surface area (Å²) < 4.78 is 0. The molecule has 4 nitrogen and oxygen atoms in total. The van der Waals surface area contributed by atoms with Crippen molar-refractivity contribution in [1.29, 1.82) is 0 Å². The zero-order valence-electron chi connectivity index (χ0n) is 10.1. The number of carboxylic acids is 1. The molecule has 0 aliphatic heterocycles. The second-order valence-electron chi connectivity index (χ2n) is 4.38. The van der Waals surface area contributed by atoms with Gasteiger partial charge < -0.3 is 5.11 Å². The van der Waals surface area contributed by atoms with Gasteiger partial charge in [0.15, 0.2) is 0 Å². The number of aromatic amines is 1. The highest BCUT2D eigenvalue weighted by molar-refractivity contribution is 5.89. The molecule has 1 aromatic heterocycles.